The fraction of sp³-hybridized carbons (Fsp3) is 0.667. The normalized spacial score (nSPS) is 31.0. The summed E-state index contributed by atoms with van der Waals surface area (Å²) in [6.07, 6.45) is 11.0. The lowest BCUT2D eigenvalue weighted by Gasteiger charge is -2.41. The van der Waals surface area contributed by atoms with Crippen LogP contribution in [0.4, 0.5) is 0 Å². The van der Waals surface area contributed by atoms with E-state index in [1.807, 2.05) is 22.8 Å². The smallest absolute Gasteiger partial charge is 0.306 e. The molecule has 25 heavy (non-hydrogen) atoms. The van der Waals surface area contributed by atoms with E-state index in [-0.39, 0.29) is 5.69 Å². The summed E-state index contributed by atoms with van der Waals surface area (Å²) >= 11 is 0. The monoisotopic (exact) mass is 339 g/mol. The second-order valence-corrected chi connectivity index (χ2v) is 8.83. The minimum atomic E-state index is 0.0594. The Morgan fingerprint density at radius 1 is 1.08 bits per heavy atom. The standard InChI is InChI=1S/C21H29N3O/c25-20-22-18-5-1-2-6-19(18)24(20)17-8-12-23(13-9-17)15-21-10-3-4-16(14-21)7-11-21/h1-2,5-6,16-17H,3-4,7-15H2,(H,22,25). The first kappa shape index (κ1) is 15.7. The van der Waals surface area contributed by atoms with E-state index >= 15 is 0 Å². The molecule has 3 fully saturated rings. The van der Waals surface area contributed by atoms with Crippen LogP contribution in [0.1, 0.15) is 57.4 Å². The molecule has 2 aliphatic carbocycles. The van der Waals surface area contributed by atoms with Gasteiger partial charge in [0.2, 0.25) is 0 Å². The zero-order valence-corrected chi connectivity index (χ0v) is 15.0. The van der Waals surface area contributed by atoms with Gasteiger partial charge in [-0.3, -0.25) is 4.57 Å². The van der Waals surface area contributed by atoms with Gasteiger partial charge in [0, 0.05) is 25.7 Å². The number of rotatable bonds is 3. The van der Waals surface area contributed by atoms with Crippen molar-refractivity contribution in [2.75, 3.05) is 19.6 Å². The number of imidazole rings is 1. The number of aromatic amines is 1. The summed E-state index contributed by atoms with van der Waals surface area (Å²) in [6.45, 7) is 3.59. The number of benzene rings is 1. The van der Waals surface area contributed by atoms with Crippen molar-refractivity contribution in [2.45, 2.75) is 57.4 Å². The maximum atomic E-state index is 12.4. The molecular weight excluding hydrogens is 310 g/mol. The molecular formula is C21H29N3O. The molecule has 2 bridgehead atoms. The molecule has 1 N–H and O–H groups in total. The van der Waals surface area contributed by atoms with Gasteiger partial charge in [0.1, 0.15) is 0 Å². The van der Waals surface area contributed by atoms with E-state index in [0.717, 1.165) is 42.9 Å². The Labute approximate surface area is 149 Å². The number of likely N-dealkylation sites (tertiary alicyclic amines) is 1. The molecule has 5 rings (SSSR count). The van der Waals surface area contributed by atoms with Gasteiger partial charge in [-0.05, 0) is 62.0 Å². The van der Waals surface area contributed by atoms with E-state index in [2.05, 4.69) is 16.0 Å². The highest BCUT2D eigenvalue weighted by Crippen LogP contribution is 2.51. The highest BCUT2D eigenvalue weighted by Gasteiger charge is 2.43. The molecule has 3 aliphatic rings. The van der Waals surface area contributed by atoms with Gasteiger partial charge < -0.3 is 9.88 Å². The number of nitrogens with one attached hydrogen (secondary N) is 1. The number of piperidine rings is 1. The Morgan fingerprint density at radius 2 is 1.92 bits per heavy atom. The molecule has 0 spiro atoms. The third kappa shape index (κ3) is 2.75. The van der Waals surface area contributed by atoms with Crippen LogP contribution in [-0.2, 0) is 0 Å². The first-order valence-electron chi connectivity index (χ1n) is 10.1. The number of hydrogen-bond acceptors (Lipinski definition) is 2. The van der Waals surface area contributed by atoms with Crippen LogP contribution in [0.15, 0.2) is 29.1 Å². The van der Waals surface area contributed by atoms with Gasteiger partial charge in [0.15, 0.2) is 0 Å². The van der Waals surface area contributed by atoms with Crippen LogP contribution in [0.2, 0.25) is 0 Å². The maximum Gasteiger partial charge on any atom is 0.326 e. The summed E-state index contributed by atoms with van der Waals surface area (Å²) in [6, 6.07) is 8.43. The number of H-pyrrole nitrogens is 1. The van der Waals surface area contributed by atoms with Crippen molar-refractivity contribution < 1.29 is 0 Å². The molecule has 4 nitrogen and oxygen atoms in total. The largest absolute Gasteiger partial charge is 0.326 e. The van der Waals surface area contributed by atoms with Crippen molar-refractivity contribution in [3.05, 3.63) is 34.7 Å². The minimum Gasteiger partial charge on any atom is -0.306 e. The number of hydrogen-bond donors (Lipinski definition) is 1. The van der Waals surface area contributed by atoms with Crippen molar-refractivity contribution >= 4 is 11.0 Å². The summed E-state index contributed by atoms with van der Waals surface area (Å²) in [7, 11) is 0. The van der Waals surface area contributed by atoms with Gasteiger partial charge >= 0.3 is 5.69 Å². The summed E-state index contributed by atoms with van der Waals surface area (Å²) in [5.41, 5.74) is 2.72. The fourth-order valence-electron chi connectivity index (χ4n) is 6.04. The molecule has 0 radical (unpaired) electrons. The van der Waals surface area contributed by atoms with Gasteiger partial charge in [-0.25, -0.2) is 4.79 Å². The number of fused-ring (bicyclic) bond motifs is 3. The molecule has 2 heterocycles. The van der Waals surface area contributed by atoms with Crippen LogP contribution in [0.3, 0.4) is 0 Å². The Balaban J connectivity index is 1.28. The molecule has 2 aromatic rings. The number of para-hydroxylation sites is 2. The Morgan fingerprint density at radius 3 is 2.80 bits per heavy atom. The second-order valence-electron chi connectivity index (χ2n) is 8.83. The van der Waals surface area contributed by atoms with E-state index in [9.17, 15) is 4.79 Å². The predicted octanol–water partition coefficient (Wildman–Crippen LogP) is 3.94. The third-order valence-electron chi connectivity index (χ3n) is 7.23. The van der Waals surface area contributed by atoms with Gasteiger partial charge in [-0.1, -0.05) is 25.0 Å². The molecule has 134 valence electrons. The molecule has 1 aromatic carbocycles. The van der Waals surface area contributed by atoms with Crippen LogP contribution in [0.5, 0.6) is 0 Å². The molecule has 1 aromatic heterocycles. The maximum absolute atomic E-state index is 12.4. The molecule has 2 atom stereocenters. The first-order valence-corrected chi connectivity index (χ1v) is 10.1. The number of aromatic nitrogens is 2. The first-order chi connectivity index (χ1) is 12.2. The molecule has 0 amide bonds. The van der Waals surface area contributed by atoms with E-state index < -0.39 is 0 Å². The van der Waals surface area contributed by atoms with Crippen molar-refractivity contribution in [2.24, 2.45) is 11.3 Å². The molecule has 4 heteroatoms. The summed E-state index contributed by atoms with van der Waals surface area (Å²) in [5.74, 6) is 1.02. The van der Waals surface area contributed by atoms with Crippen LogP contribution < -0.4 is 5.69 Å². The lowest BCUT2D eigenvalue weighted by atomic mass is 9.75. The van der Waals surface area contributed by atoms with Crippen molar-refractivity contribution in [1.82, 2.24) is 14.5 Å². The average molecular weight is 339 g/mol. The average Bonchev–Trinajstić information content (AvgIpc) is 3.11. The van der Waals surface area contributed by atoms with Crippen LogP contribution in [0, 0.1) is 11.3 Å². The Bertz CT molecular complexity index is 810. The fourth-order valence-corrected chi connectivity index (χ4v) is 6.04. The highest BCUT2D eigenvalue weighted by molar-refractivity contribution is 5.75. The lowest BCUT2D eigenvalue weighted by Crippen LogP contribution is -2.43. The molecule has 1 aliphatic heterocycles. The van der Waals surface area contributed by atoms with Gasteiger partial charge in [0.25, 0.3) is 0 Å². The highest BCUT2D eigenvalue weighted by atomic mass is 16.1. The third-order valence-corrected chi connectivity index (χ3v) is 7.23. The SMILES string of the molecule is O=c1[nH]c2ccccc2n1C1CCN(CC23CCCC(CC2)C3)CC1. The minimum absolute atomic E-state index is 0.0594. The Kier molecular flexibility index (Phi) is 3.77. The van der Waals surface area contributed by atoms with Crippen LogP contribution in [0.25, 0.3) is 11.0 Å². The van der Waals surface area contributed by atoms with E-state index in [1.54, 1.807) is 0 Å². The Hall–Kier alpha value is -1.55. The zero-order chi connectivity index (χ0) is 16.9. The van der Waals surface area contributed by atoms with Crippen LogP contribution >= 0.6 is 0 Å². The molecule has 2 unspecified atom stereocenters. The summed E-state index contributed by atoms with van der Waals surface area (Å²) in [4.78, 5) is 18.1. The van der Waals surface area contributed by atoms with E-state index in [0.29, 0.717) is 11.5 Å². The molecule has 1 saturated heterocycles. The topological polar surface area (TPSA) is 41.0 Å². The van der Waals surface area contributed by atoms with Crippen LogP contribution in [-0.4, -0.2) is 34.1 Å². The predicted molar refractivity (Wildman–Crippen MR) is 101 cm³/mol. The van der Waals surface area contributed by atoms with Gasteiger partial charge in [0.05, 0.1) is 11.0 Å². The summed E-state index contributed by atoms with van der Waals surface area (Å²) < 4.78 is 2.01. The quantitative estimate of drug-likeness (QED) is 0.920. The zero-order valence-electron chi connectivity index (χ0n) is 15.0. The van der Waals surface area contributed by atoms with Crippen molar-refractivity contribution in [3.8, 4) is 0 Å². The lowest BCUT2D eigenvalue weighted by molar-refractivity contribution is 0.0914. The molecule has 2 saturated carbocycles. The van der Waals surface area contributed by atoms with Gasteiger partial charge in [-0.15, -0.1) is 0 Å². The summed E-state index contributed by atoms with van der Waals surface area (Å²) in [5, 5.41) is 0. The van der Waals surface area contributed by atoms with E-state index in [4.69, 9.17) is 0 Å². The second kappa shape index (κ2) is 6.01. The van der Waals surface area contributed by atoms with Gasteiger partial charge in [-0.2, -0.15) is 0 Å². The van der Waals surface area contributed by atoms with Crippen molar-refractivity contribution in [3.63, 3.8) is 0 Å². The van der Waals surface area contributed by atoms with Crippen molar-refractivity contribution in [1.29, 1.82) is 0 Å². The number of nitrogens with zero attached hydrogens (tertiary/aromatic N) is 2. The van der Waals surface area contributed by atoms with E-state index in [1.165, 1.54) is 45.1 Å².